The third-order valence-corrected chi connectivity index (χ3v) is 5.66. The number of hydrogen-bond donors (Lipinski definition) is 2. The fourth-order valence-electron chi connectivity index (χ4n) is 3.67. The average molecular weight is 431 g/mol. The standard InChI is InChI=1S/C20H17ClF2N6O/c1-8(2)15-18(23)17(21)16(10-4-25-28-19(10)15)12-6-29-7-13(26-14(29)5-24-12)27-20(30)9-3-11(9)22/h4-9,11H,3H2,1-2H3,(H,25,28)(H,27,30)/t9-,11+/m1/s1. The van der Waals surface area contributed by atoms with Gasteiger partial charge in [-0.15, -0.1) is 0 Å². The normalized spacial score (nSPS) is 18.5. The molecule has 1 aliphatic carbocycles. The van der Waals surface area contributed by atoms with Gasteiger partial charge in [0, 0.05) is 22.7 Å². The SMILES string of the molecule is CC(C)c1c(F)c(Cl)c(-c2cn3cc(NC(=O)[C@@H]4C[C@@H]4F)nc3cn2)c2cn[nH]c12. The van der Waals surface area contributed by atoms with Crippen molar-refractivity contribution in [1.29, 1.82) is 0 Å². The zero-order chi connectivity index (χ0) is 21.2. The molecule has 0 radical (unpaired) electrons. The van der Waals surface area contributed by atoms with Gasteiger partial charge in [-0.25, -0.2) is 13.8 Å². The minimum Gasteiger partial charge on any atom is -0.309 e. The number of benzene rings is 1. The number of rotatable bonds is 4. The lowest BCUT2D eigenvalue weighted by atomic mass is 9.96. The number of anilines is 1. The number of aromatic nitrogens is 5. The number of amides is 1. The molecule has 0 spiro atoms. The molecule has 1 amide bonds. The highest BCUT2D eigenvalue weighted by Crippen LogP contribution is 2.40. The molecular formula is C20H17ClF2N6O. The van der Waals surface area contributed by atoms with Gasteiger partial charge in [-0.2, -0.15) is 5.10 Å². The van der Waals surface area contributed by atoms with Gasteiger partial charge in [0.05, 0.1) is 40.7 Å². The number of nitrogens with zero attached hydrogens (tertiary/aromatic N) is 4. The molecule has 0 bridgehead atoms. The van der Waals surface area contributed by atoms with Crippen molar-refractivity contribution in [3.8, 4) is 11.3 Å². The van der Waals surface area contributed by atoms with Gasteiger partial charge >= 0.3 is 0 Å². The van der Waals surface area contributed by atoms with Gasteiger partial charge in [-0.1, -0.05) is 25.4 Å². The number of aromatic amines is 1. The molecule has 30 heavy (non-hydrogen) atoms. The van der Waals surface area contributed by atoms with Crippen LogP contribution in [0.25, 0.3) is 27.8 Å². The van der Waals surface area contributed by atoms with E-state index in [0.29, 0.717) is 39.2 Å². The summed E-state index contributed by atoms with van der Waals surface area (Å²) in [7, 11) is 0. The monoisotopic (exact) mass is 430 g/mol. The first-order valence-electron chi connectivity index (χ1n) is 9.49. The maximum atomic E-state index is 15.1. The first kappa shape index (κ1) is 18.9. The first-order chi connectivity index (χ1) is 14.3. The van der Waals surface area contributed by atoms with Gasteiger partial charge in [-0.05, 0) is 12.3 Å². The third kappa shape index (κ3) is 2.92. The van der Waals surface area contributed by atoms with Gasteiger partial charge < -0.3 is 9.72 Å². The van der Waals surface area contributed by atoms with Crippen molar-refractivity contribution in [3.63, 3.8) is 0 Å². The van der Waals surface area contributed by atoms with Crippen molar-refractivity contribution < 1.29 is 13.6 Å². The molecule has 4 aromatic rings. The van der Waals surface area contributed by atoms with Crippen LogP contribution in [0.15, 0.2) is 24.8 Å². The van der Waals surface area contributed by atoms with Gasteiger partial charge in [0.25, 0.3) is 0 Å². The van der Waals surface area contributed by atoms with Crippen LogP contribution in [0, 0.1) is 11.7 Å². The van der Waals surface area contributed by atoms with E-state index in [-0.39, 0.29) is 17.4 Å². The molecule has 0 unspecified atom stereocenters. The maximum Gasteiger partial charge on any atom is 0.231 e. The molecule has 10 heteroatoms. The lowest BCUT2D eigenvalue weighted by Gasteiger charge is -2.14. The minimum absolute atomic E-state index is 0.0317. The summed E-state index contributed by atoms with van der Waals surface area (Å²) in [4.78, 5) is 20.6. The Balaban J connectivity index is 1.59. The first-order valence-corrected chi connectivity index (χ1v) is 9.87. The van der Waals surface area contributed by atoms with Crippen molar-refractivity contribution in [3.05, 3.63) is 41.2 Å². The molecule has 1 aromatic carbocycles. The predicted octanol–water partition coefficient (Wildman–Crippen LogP) is 4.49. The predicted molar refractivity (Wildman–Crippen MR) is 109 cm³/mol. The van der Waals surface area contributed by atoms with Gasteiger partial charge in [0.1, 0.15) is 12.0 Å². The molecule has 1 saturated carbocycles. The van der Waals surface area contributed by atoms with Crippen molar-refractivity contribution in [2.24, 2.45) is 5.92 Å². The quantitative estimate of drug-likeness (QED) is 0.499. The number of H-pyrrole nitrogens is 1. The van der Waals surface area contributed by atoms with E-state index < -0.39 is 23.8 Å². The van der Waals surface area contributed by atoms with Crippen LogP contribution in [0.1, 0.15) is 31.7 Å². The lowest BCUT2D eigenvalue weighted by Crippen LogP contribution is -2.15. The Labute approximate surface area is 174 Å². The summed E-state index contributed by atoms with van der Waals surface area (Å²) in [5, 5.41) is 10.2. The van der Waals surface area contributed by atoms with Crippen molar-refractivity contribution in [2.75, 3.05) is 5.32 Å². The molecule has 2 atom stereocenters. The van der Waals surface area contributed by atoms with E-state index in [1.54, 1.807) is 23.0 Å². The van der Waals surface area contributed by atoms with Crippen LogP contribution < -0.4 is 5.32 Å². The Hall–Kier alpha value is -3.07. The van der Waals surface area contributed by atoms with Crippen LogP contribution in [0.5, 0.6) is 0 Å². The number of alkyl halides is 1. The molecule has 3 heterocycles. The molecule has 154 valence electrons. The van der Waals surface area contributed by atoms with E-state index in [1.807, 2.05) is 13.8 Å². The lowest BCUT2D eigenvalue weighted by molar-refractivity contribution is -0.117. The number of carbonyl (C=O) groups excluding carboxylic acids is 1. The summed E-state index contributed by atoms with van der Waals surface area (Å²) >= 11 is 6.42. The molecule has 5 rings (SSSR count). The summed E-state index contributed by atoms with van der Waals surface area (Å²) in [6.45, 7) is 3.76. The molecule has 1 aliphatic rings. The molecule has 7 nitrogen and oxygen atoms in total. The summed E-state index contributed by atoms with van der Waals surface area (Å²) in [5.74, 6) is -1.32. The number of hydrogen-bond acceptors (Lipinski definition) is 4. The van der Waals surface area contributed by atoms with E-state index in [4.69, 9.17) is 11.6 Å². The number of imidazole rings is 1. The summed E-state index contributed by atoms with van der Waals surface area (Å²) in [6.07, 6.45) is 5.48. The fourth-order valence-corrected chi connectivity index (χ4v) is 3.97. The second-order valence-corrected chi connectivity index (χ2v) is 8.12. The minimum atomic E-state index is -1.08. The van der Waals surface area contributed by atoms with Crippen LogP contribution in [-0.4, -0.2) is 36.6 Å². The van der Waals surface area contributed by atoms with Crippen LogP contribution >= 0.6 is 11.6 Å². The maximum absolute atomic E-state index is 15.1. The third-order valence-electron chi connectivity index (χ3n) is 5.30. The molecule has 1 fully saturated rings. The van der Waals surface area contributed by atoms with E-state index in [2.05, 4.69) is 25.5 Å². The highest BCUT2D eigenvalue weighted by molar-refractivity contribution is 6.35. The van der Waals surface area contributed by atoms with Crippen LogP contribution in [0.3, 0.4) is 0 Å². The van der Waals surface area contributed by atoms with Crippen molar-refractivity contribution >= 4 is 39.9 Å². The van der Waals surface area contributed by atoms with E-state index in [0.717, 1.165) is 0 Å². The van der Waals surface area contributed by atoms with E-state index >= 15 is 4.39 Å². The van der Waals surface area contributed by atoms with Gasteiger partial charge in [-0.3, -0.25) is 14.9 Å². The van der Waals surface area contributed by atoms with Crippen LogP contribution in [0.2, 0.25) is 5.02 Å². The van der Waals surface area contributed by atoms with Crippen LogP contribution in [0.4, 0.5) is 14.6 Å². The summed E-state index contributed by atoms with van der Waals surface area (Å²) < 4.78 is 29.8. The Bertz CT molecular complexity index is 1310. The number of halogens is 3. The molecule has 0 aliphatic heterocycles. The Morgan fingerprint density at radius 3 is 2.83 bits per heavy atom. The second-order valence-electron chi connectivity index (χ2n) is 7.74. The van der Waals surface area contributed by atoms with E-state index in [1.165, 1.54) is 6.20 Å². The molecule has 3 aromatic heterocycles. The smallest absolute Gasteiger partial charge is 0.231 e. The average Bonchev–Trinajstić information content (AvgIpc) is 3.08. The van der Waals surface area contributed by atoms with Gasteiger partial charge in [0.15, 0.2) is 11.5 Å². The second kappa shape index (κ2) is 6.73. The zero-order valence-corrected chi connectivity index (χ0v) is 16.8. The zero-order valence-electron chi connectivity index (χ0n) is 16.1. The highest BCUT2D eigenvalue weighted by atomic mass is 35.5. The number of fused-ring (bicyclic) bond motifs is 2. The Morgan fingerprint density at radius 1 is 1.37 bits per heavy atom. The van der Waals surface area contributed by atoms with Crippen molar-refractivity contribution in [1.82, 2.24) is 24.6 Å². The fraction of sp³-hybridized carbons (Fsp3) is 0.300. The molecule has 2 N–H and O–H groups in total. The summed E-state index contributed by atoms with van der Waals surface area (Å²) in [6, 6.07) is 0. The molecule has 0 saturated heterocycles. The number of nitrogens with one attached hydrogen (secondary N) is 2. The summed E-state index contributed by atoms with van der Waals surface area (Å²) in [5.41, 5.74) is 2.36. The highest BCUT2D eigenvalue weighted by Gasteiger charge is 2.43. The van der Waals surface area contributed by atoms with Gasteiger partial charge in [0.2, 0.25) is 5.91 Å². The van der Waals surface area contributed by atoms with Crippen LogP contribution in [-0.2, 0) is 4.79 Å². The Morgan fingerprint density at radius 2 is 2.13 bits per heavy atom. The topological polar surface area (TPSA) is 88.0 Å². The Kier molecular flexibility index (Phi) is 4.25. The van der Waals surface area contributed by atoms with E-state index in [9.17, 15) is 9.18 Å². The van der Waals surface area contributed by atoms with Crippen molar-refractivity contribution in [2.45, 2.75) is 32.4 Å². The number of carbonyl (C=O) groups is 1. The molecular weight excluding hydrogens is 414 g/mol. The largest absolute Gasteiger partial charge is 0.309 e.